The topological polar surface area (TPSA) is 59.2 Å². The number of halogens is 1. The number of benzene rings is 2. The third kappa shape index (κ3) is 1.89. The van der Waals surface area contributed by atoms with E-state index < -0.39 is 5.82 Å². The number of phenols is 1. The predicted octanol–water partition coefficient (Wildman–Crippen LogP) is 3.27. The number of aromatic nitrogens is 2. The van der Waals surface area contributed by atoms with Crippen LogP contribution < -0.4 is 0 Å². The molecule has 5 heteroatoms. The standard InChI is InChI=1S/C16H11FN2O2/c17-10-5-6-14(20)13(8-10)16-18-15(19-21-16)12-7-9-3-1-2-4-11(9)12/h1-6,8,12,20H,7H2. The highest BCUT2D eigenvalue weighted by Gasteiger charge is 2.31. The first-order valence-corrected chi connectivity index (χ1v) is 6.62. The van der Waals surface area contributed by atoms with Crippen LogP contribution in [0.3, 0.4) is 0 Å². The SMILES string of the molecule is Oc1ccc(F)cc1-c1nc(C2Cc3ccccc32)no1. The van der Waals surface area contributed by atoms with Crippen molar-refractivity contribution >= 4 is 0 Å². The van der Waals surface area contributed by atoms with E-state index in [1.54, 1.807) is 0 Å². The van der Waals surface area contributed by atoms with Gasteiger partial charge in [0.2, 0.25) is 0 Å². The van der Waals surface area contributed by atoms with E-state index in [0.29, 0.717) is 5.82 Å². The molecule has 0 radical (unpaired) electrons. The van der Waals surface area contributed by atoms with Gasteiger partial charge in [-0.1, -0.05) is 29.4 Å². The van der Waals surface area contributed by atoms with Gasteiger partial charge < -0.3 is 9.63 Å². The fourth-order valence-electron chi connectivity index (χ4n) is 2.65. The maximum atomic E-state index is 13.3. The van der Waals surface area contributed by atoms with Crippen molar-refractivity contribution in [3.8, 4) is 17.2 Å². The highest BCUT2D eigenvalue weighted by atomic mass is 19.1. The zero-order valence-electron chi connectivity index (χ0n) is 11.0. The summed E-state index contributed by atoms with van der Waals surface area (Å²) >= 11 is 0. The minimum Gasteiger partial charge on any atom is -0.507 e. The lowest BCUT2D eigenvalue weighted by molar-refractivity contribution is 0.411. The van der Waals surface area contributed by atoms with Gasteiger partial charge in [0.25, 0.3) is 5.89 Å². The van der Waals surface area contributed by atoms with Gasteiger partial charge in [-0.25, -0.2) is 4.39 Å². The van der Waals surface area contributed by atoms with Gasteiger partial charge in [0.1, 0.15) is 11.6 Å². The predicted molar refractivity (Wildman–Crippen MR) is 73.3 cm³/mol. The van der Waals surface area contributed by atoms with Crippen LogP contribution >= 0.6 is 0 Å². The third-order valence-corrected chi connectivity index (χ3v) is 3.80. The van der Waals surface area contributed by atoms with Crippen LogP contribution in [-0.2, 0) is 6.42 Å². The van der Waals surface area contributed by atoms with Gasteiger partial charge >= 0.3 is 0 Å². The first-order valence-electron chi connectivity index (χ1n) is 6.62. The molecule has 0 amide bonds. The summed E-state index contributed by atoms with van der Waals surface area (Å²) in [6.07, 6.45) is 0.865. The van der Waals surface area contributed by atoms with Crippen molar-refractivity contribution < 1.29 is 14.0 Å². The molecule has 104 valence electrons. The molecule has 1 unspecified atom stereocenters. The monoisotopic (exact) mass is 282 g/mol. The summed E-state index contributed by atoms with van der Waals surface area (Å²) in [6, 6.07) is 11.7. The maximum absolute atomic E-state index is 13.3. The van der Waals surface area contributed by atoms with Crippen molar-refractivity contribution in [3.63, 3.8) is 0 Å². The molecule has 3 aromatic rings. The molecule has 21 heavy (non-hydrogen) atoms. The van der Waals surface area contributed by atoms with Gasteiger partial charge in [0.15, 0.2) is 5.82 Å². The minimum atomic E-state index is -0.462. The van der Waals surface area contributed by atoms with E-state index in [-0.39, 0.29) is 23.1 Å². The Morgan fingerprint density at radius 1 is 1.19 bits per heavy atom. The molecule has 0 aliphatic heterocycles. The molecule has 0 saturated carbocycles. The normalized spacial score (nSPS) is 16.3. The fraction of sp³-hybridized carbons (Fsp3) is 0.125. The van der Waals surface area contributed by atoms with E-state index in [1.807, 2.05) is 18.2 Å². The summed E-state index contributed by atoms with van der Waals surface area (Å²) in [7, 11) is 0. The van der Waals surface area contributed by atoms with Gasteiger partial charge in [0, 0.05) is 0 Å². The van der Waals surface area contributed by atoms with Crippen molar-refractivity contribution in [3.05, 3.63) is 65.2 Å². The number of hydrogen-bond donors (Lipinski definition) is 1. The van der Waals surface area contributed by atoms with E-state index in [9.17, 15) is 9.50 Å². The molecular formula is C16H11FN2O2. The average molecular weight is 282 g/mol. The van der Waals surface area contributed by atoms with Crippen LogP contribution in [0.25, 0.3) is 11.5 Å². The Morgan fingerprint density at radius 2 is 2.05 bits per heavy atom. The van der Waals surface area contributed by atoms with E-state index in [1.165, 1.54) is 29.3 Å². The van der Waals surface area contributed by atoms with Crippen molar-refractivity contribution in [1.82, 2.24) is 10.1 Å². The van der Waals surface area contributed by atoms with E-state index >= 15 is 0 Å². The van der Waals surface area contributed by atoms with Gasteiger partial charge in [-0.15, -0.1) is 0 Å². The number of phenolic OH excluding ortho intramolecular Hbond substituents is 1. The molecule has 1 heterocycles. The molecule has 1 aliphatic rings. The molecule has 4 rings (SSSR count). The Kier molecular flexibility index (Phi) is 2.54. The number of hydrogen-bond acceptors (Lipinski definition) is 4. The van der Waals surface area contributed by atoms with Gasteiger partial charge in [-0.3, -0.25) is 0 Å². The van der Waals surface area contributed by atoms with Gasteiger partial charge in [-0.2, -0.15) is 4.98 Å². The zero-order valence-corrected chi connectivity index (χ0v) is 11.0. The van der Waals surface area contributed by atoms with Gasteiger partial charge in [-0.05, 0) is 35.7 Å². The smallest absolute Gasteiger partial charge is 0.261 e. The quantitative estimate of drug-likeness (QED) is 0.783. The van der Waals surface area contributed by atoms with Crippen LogP contribution in [0.15, 0.2) is 47.0 Å². The van der Waals surface area contributed by atoms with Crippen LogP contribution in [-0.4, -0.2) is 15.2 Å². The van der Waals surface area contributed by atoms with E-state index in [2.05, 4.69) is 16.2 Å². The second-order valence-electron chi connectivity index (χ2n) is 5.07. The van der Waals surface area contributed by atoms with Gasteiger partial charge in [0.05, 0.1) is 11.5 Å². The molecule has 1 aromatic heterocycles. The molecular weight excluding hydrogens is 271 g/mol. The number of aromatic hydroxyl groups is 1. The molecule has 0 fully saturated rings. The maximum Gasteiger partial charge on any atom is 0.261 e. The molecule has 1 aliphatic carbocycles. The first kappa shape index (κ1) is 12.1. The summed E-state index contributed by atoms with van der Waals surface area (Å²) in [6.45, 7) is 0. The van der Waals surface area contributed by atoms with Crippen molar-refractivity contribution in [1.29, 1.82) is 0 Å². The zero-order chi connectivity index (χ0) is 14.4. The van der Waals surface area contributed by atoms with Crippen LogP contribution in [0.1, 0.15) is 22.9 Å². The molecule has 1 N–H and O–H groups in total. The molecule has 0 saturated heterocycles. The Bertz CT molecular complexity index is 829. The molecule has 1 atom stereocenters. The first-order chi connectivity index (χ1) is 10.2. The summed E-state index contributed by atoms with van der Waals surface area (Å²) in [5, 5.41) is 13.7. The summed E-state index contributed by atoms with van der Waals surface area (Å²) < 4.78 is 18.4. The van der Waals surface area contributed by atoms with E-state index in [4.69, 9.17) is 4.52 Å². The number of fused-ring (bicyclic) bond motifs is 1. The second kappa shape index (κ2) is 4.41. The van der Waals surface area contributed by atoms with Crippen molar-refractivity contribution in [2.24, 2.45) is 0 Å². The highest BCUT2D eigenvalue weighted by Crippen LogP contribution is 2.39. The highest BCUT2D eigenvalue weighted by molar-refractivity contribution is 5.62. The minimum absolute atomic E-state index is 0.0828. The Labute approximate surface area is 119 Å². The number of rotatable bonds is 2. The Morgan fingerprint density at radius 3 is 2.90 bits per heavy atom. The molecule has 4 nitrogen and oxygen atoms in total. The molecule has 0 bridgehead atoms. The average Bonchev–Trinajstić information content (AvgIpc) is 2.92. The van der Waals surface area contributed by atoms with Crippen molar-refractivity contribution in [2.45, 2.75) is 12.3 Å². The van der Waals surface area contributed by atoms with Crippen LogP contribution in [0, 0.1) is 5.82 Å². The van der Waals surface area contributed by atoms with E-state index in [0.717, 1.165) is 6.42 Å². The third-order valence-electron chi connectivity index (χ3n) is 3.80. The molecule has 0 spiro atoms. The van der Waals surface area contributed by atoms with Crippen LogP contribution in [0.5, 0.6) is 5.75 Å². The Balaban J connectivity index is 1.70. The largest absolute Gasteiger partial charge is 0.507 e. The van der Waals surface area contributed by atoms with Crippen molar-refractivity contribution in [2.75, 3.05) is 0 Å². The molecule has 2 aromatic carbocycles. The second-order valence-corrected chi connectivity index (χ2v) is 5.07. The Hall–Kier alpha value is -2.69. The fourth-order valence-corrected chi connectivity index (χ4v) is 2.65. The van der Waals surface area contributed by atoms with Crippen LogP contribution in [0.2, 0.25) is 0 Å². The summed E-state index contributed by atoms with van der Waals surface area (Å²) in [5.74, 6) is 0.255. The van der Waals surface area contributed by atoms with Crippen LogP contribution in [0.4, 0.5) is 4.39 Å². The number of nitrogens with zero attached hydrogens (tertiary/aromatic N) is 2. The summed E-state index contributed by atoms with van der Waals surface area (Å²) in [5.41, 5.74) is 2.68. The lowest BCUT2D eigenvalue weighted by atomic mass is 9.77. The lowest BCUT2D eigenvalue weighted by Gasteiger charge is -2.27. The lowest BCUT2D eigenvalue weighted by Crippen LogP contribution is -2.19. The summed E-state index contributed by atoms with van der Waals surface area (Å²) in [4.78, 5) is 4.30.